The molecule has 0 saturated carbocycles. The fraction of sp³-hybridized carbons (Fsp3) is 0.200. The molecule has 2 aromatic rings. The van der Waals surface area contributed by atoms with Gasteiger partial charge in [0.2, 0.25) is 0 Å². The SMILES string of the molecule is COc1ccc(NCc2cccc(C(=O)O)n2)cc1C. The molecule has 1 heterocycles. The van der Waals surface area contributed by atoms with E-state index in [2.05, 4.69) is 10.3 Å². The van der Waals surface area contributed by atoms with Gasteiger partial charge >= 0.3 is 5.97 Å². The van der Waals surface area contributed by atoms with Gasteiger partial charge in [-0.05, 0) is 42.8 Å². The highest BCUT2D eigenvalue weighted by Gasteiger charge is 2.05. The van der Waals surface area contributed by atoms with Gasteiger partial charge in [0, 0.05) is 5.69 Å². The molecule has 104 valence electrons. The van der Waals surface area contributed by atoms with Gasteiger partial charge in [-0.25, -0.2) is 9.78 Å². The van der Waals surface area contributed by atoms with Crippen molar-refractivity contribution < 1.29 is 14.6 Å². The maximum atomic E-state index is 10.8. The Bertz CT molecular complexity index is 626. The summed E-state index contributed by atoms with van der Waals surface area (Å²) in [7, 11) is 1.64. The molecule has 0 saturated heterocycles. The zero-order valence-electron chi connectivity index (χ0n) is 11.4. The maximum absolute atomic E-state index is 10.8. The van der Waals surface area contributed by atoms with Crippen molar-refractivity contribution in [2.24, 2.45) is 0 Å². The van der Waals surface area contributed by atoms with E-state index in [9.17, 15) is 4.79 Å². The molecule has 2 N–H and O–H groups in total. The van der Waals surface area contributed by atoms with Crippen LogP contribution in [0.4, 0.5) is 5.69 Å². The molecule has 0 unspecified atom stereocenters. The number of nitrogens with one attached hydrogen (secondary N) is 1. The van der Waals surface area contributed by atoms with E-state index in [1.165, 1.54) is 6.07 Å². The number of aromatic nitrogens is 1. The van der Waals surface area contributed by atoms with Gasteiger partial charge in [-0.2, -0.15) is 0 Å². The number of carboxylic acid groups (broad SMARTS) is 1. The summed E-state index contributed by atoms with van der Waals surface area (Å²) in [5.74, 6) is -0.186. The Hall–Kier alpha value is -2.56. The number of benzene rings is 1. The molecule has 0 radical (unpaired) electrons. The molecule has 0 atom stereocenters. The van der Waals surface area contributed by atoms with Crippen LogP contribution in [0.25, 0.3) is 0 Å². The maximum Gasteiger partial charge on any atom is 0.354 e. The third-order valence-electron chi connectivity index (χ3n) is 2.89. The Balaban J connectivity index is 2.07. The van der Waals surface area contributed by atoms with Crippen LogP contribution in [0, 0.1) is 6.92 Å². The van der Waals surface area contributed by atoms with E-state index in [1.54, 1.807) is 19.2 Å². The molecular weight excluding hydrogens is 256 g/mol. The Morgan fingerprint density at radius 2 is 2.15 bits per heavy atom. The second-order valence-electron chi connectivity index (χ2n) is 4.36. The number of carboxylic acids is 1. The molecule has 20 heavy (non-hydrogen) atoms. The summed E-state index contributed by atoms with van der Waals surface area (Å²) in [6, 6.07) is 10.7. The lowest BCUT2D eigenvalue weighted by molar-refractivity contribution is 0.0690. The van der Waals surface area contributed by atoms with E-state index in [0.29, 0.717) is 12.2 Å². The quantitative estimate of drug-likeness (QED) is 0.875. The van der Waals surface area contributed by atoms with Crippen molar-refractivity contribution in [2.75, 3.05) is 12.4 Å². The molecule has 0 spiro atoms. The molecule has 5 nitrogen and oxygen atoms in total. The van der Waals surface area contributed by atoms with Crippen molar-refractivity contribution in [1.29, 1.82) is 0 Å². The summed E-state index contributed by atoms with van der Waals surface area (Å²) in [5, 5.41) is 12.1. The first kappa shape index (κ1) is 13.9. The van der Waals surface area contributed by atoms with Crippen LogP contribution in [0.5, 0.6) is 5.75 Å². The zero-order valence-corrected chi connectivity index (χ0v) is 11.4. The summed E-state index contributed by atoms with van der Waals surface area (Å²) in [6.07, 6.45) is 0. The Morgan fingerprint density at radius 1 is 1.35 bits per heavy atom. The molecule has 0 fully saturated rings. The molecule has 0 aliphatic rings. The molecule has 2 rings (SSSR count). The lowest BCUT2D eigenvalue weighted by Crippen LogP contribution is -2.06. The highest BCUT2D eigenvalue weighted by Crippen LogP contribution is 2.21. The van der Waals surface area contributed by atoms with Gasteiger partial charge in [-0.1, -0.05) is 6.07 Å². The number of ether oxygens (including phenoxy) is 1. The molecule has 0 aliphatic heterocycles. The van der Waals surface area contributed by atoms with Gasteiger partial charge in [-0.15, -0.1) is 0 Å². The minimum absolute atomic E-state index is 0.0511. The highest BCUT2D eigenvalue weighted by molar-refractivity contribution is 5.85. The smallest absolute Gasteiger partial charge is 0.354 e. The molecule has 0 bridgehead atoms. The van der Waals surface area contributed by atoms with Crippen LogP contribution >= 0.6 is 0 Å². The number of hydrogen-bond donors (Lipinski definition) is 2. The van der Waals surface area contributed by atoms with Crippen LogP contribution in [-0.4, -0.2) is 23.2 Å². The van der Waals surface area contributed by atoms with Gasteiger partial charge in [0.25, 0.3) is 0 Å². The standard InChI is InChI=1S/C15H16N2O3/c1-10-8-11(6-7-14(10)20-2)16-9-12-4-3-5-13(17-12)15(18)19/h3-8,16H,9H2,1-2H3,(H,18,19). The molecular formula is C15H16N2O3. The van der Waals surface area contributed by atoms with Gasteiger partial charge in [-0.3, -0.25) is 0 Å². The van der Waals surface area contributed by atoms with E-state index in [0.717, 1.165) is 17.0 Å². The number of hydrogen-bond acceptors (Lipinski definition) is 4. The van der Waals surface area contributed by atoms with Gasteiger partial charge < -0.3 is 15.2 Å². The second kappa shape index (κ2) is 6.06. The first-order chi connectivity index (χ1) is 9.60. The van der Waals surface area contributed by atoms with Gasteiger partial charge in [0.15, 0.2) is 0 Å². The topological polar surface area (TPSA) is 71.5 Å². The lowest BCUT2D eigenvalue weighted by atomic mass is 10.2. The van der Waals surface area contributed by atoms with Crippen molar-refractivity contribution in [3.63, 3.8) is 0 Å². The van der Waals surface area contributed by atoms with Crippen molar-refractivity contribution >= 4 is 11.7 Å². The molecule has 5 heteroatoms. The normalized spacial score (nSPS) is 10.1. The molecule has 1 aromatic carbocycles. The van der Waals surface area contributed by atoms with Gasteiger partial charge in [0.1, 0.15) is 11.4 Å². The lowest BCUT2D eigenvalue weighted by Gasteiger charge is -2.09. The molecule has 0 amide bonds. The fourth-order valence-corrected chi connectivity index (χ4v) is 1.88. The van der Waals surface area contributed by atoms with Crippen LogP contribution in [-0.2, 0) is 6.54 Å². The van der Waals surface area contributed by atoms with Crippen molar-refractivity contribution in [3.8, 4) is 5.75 Å². The third-order valence-corrected chi connectivity index (χ3v) is 2.89. The van der Waals surface area contributed by atoms with Crippen LogP contribution in [0.2, 0.25) is 0 Å². The average molecular weight is 272 g/mol. The zero-order chi connectivity index (χ0) is 14.5. The first-order valence-electron chi connectivity index (χ1n) is 6.18. The summed E-state index contributed by atoms with van der Waals surface area (Å²) >= 11 is 0. The van der Waals surface area contributed by atoms with Crippen molar-refractivity contribution in [3.05, 3.63) is 53.3 Å². The number of rotatable bonds is 5. The van der Waals surface area contributed by atoms with Crippen molar-refractivity contribution in [2.45, 2.75) is 13.5 Å². The van der Waals surface area contributed by atoms with Gasteiger partial charge in [0.05, 0.1) is 19.3 Å². The number of methoxy groups -OCH3 is 1. The van der Waals surface area contributed by atoms with Crippen LogP contribution in [0.15, 0.2) is 36.4 Å². The number of carbonyl (C=O) groups is 1. The Kier molecular flexibility index (Phi) is 4.20. The number of pyridine rings is 1. The van der Waals surface area contributed by atoms with Crippen LogP contribution in [0.3, 0.4) is 0 Å². The van der Waals surface area contributed by atoms with E-state index < -0.39 is 5.97 Å². The summed E-state index contributed by atoms with van der Waals surface area (Å²) < 4.78 is 5.20. The van der Waals surface area contributed by atoms with E-state index in [1.807, 2.05) is 25.1 Å². The first-order valence-corrected chi connectivity index (χ1v) is 6.18. The van der Waals surface area contributed by atoms with E-state index >= 15 is 0 Å². The monoisotopic (exact) mass is 272 g/mol. The Labute approximate surface area is 117 Å². The van der Waals surface area contributed by atoms with Crippen molar-refractivity contribution in [1.82, 2.24) is 4.98 Å². The molecule has 1 aromatic heterocycles. The number of nitrogens with zero attached hydrogens (tertiary/aromatic N) is 1. The summed E-state index contributed by atoms with van der Waals surface area (Å²) in [6.45, 7) is 2.43. The van der Waals surface area contributed by atoms with E-state index in [-0.39, 0.29) is 5.69 Å². The number of aromatic carboxylic acids is 1. The summed E-state index contributed by atoms with van der Waals surface area (Å²) in [4.78, 5) is 14.9. The molecule has 0 aliphatic carbocycles. The largest absolute Gasteiger partial charge is 0.496 e. The number of anilines is 1. The fourth-order valence-electron chi connectivity index (χ4n) is 1.88. The predicted octanol–water partition coefficient (Wildman–Crippen LogP) is 2.71. The minimum Gasteiger partial charge on any atom is -0.496 e. The van der Waals surface area contributed by atoms with Crippen LogP contribution < -0.4 is 10.1 Å². The minimum atomic E-state index is -1.02. The predicted molar refractivity (Wildman–Crippen MR) is 76.3 cm³/mol. The second-order valence-corrected chi connectivity index (χ2v) is 4.36. The average Bonchev–Trinajstić information content (AvgIpc) is 2.45. The number of aryl methyl sites for hydroxylation is 1. The Morgan fingerprint density at radius 3 is 2.80 bits per heavy atom. The third kappa shape index (κ3) is 3.26. The van der Waals surface area contributed by atoms with Crippen LogP contribution in [0.1, 0.15) is 21.7 Å². The highest BCUT2D eigenvalue weighted by atomic mass is 16.5. The van der Waals surface area contributed by atoms with E-state index in [4.69, 9.17) is 9.84 Å². The summed E-state index contributed by atoms with van der Waals surface area (Å²) in [5.41, 5.74) is 2.70.